The summed E-state index contributed by atoms with van der Waals surface area (Å²) in [5.74, 6) is 1.55. The van der Waals surface area contributed by atoms with E-state index in [0.717, 1.165) is 12.5 Å². The lowest BCUT2D eigenvalue weighted by molar-refractivity contribution is -0.121. The molecular weight excluding hydrogens is 328 g/mol. The molecule has 0 aromatic carbocycles. The fourth-order valence-corrected chi connectivity index (χ4v) is 3.96. The van der Waals surface area contributed by atoms with Gasteiger partial charge in [0, 0.05) is 33.1 Å². The van der Waals surface area contributed by atoms with Crippen molar-refractivity contribution in [2.75, 3.05) is 33.3 Å². The number of rotatable bonds is 9. The van der Waals surface area contributed by atoms with E-state index >= 15 is 0 Å². The van der Waals surface area contributed by atoms with Crippen molar-refractivity contribution in [1.29, 1.82) is 0 Å². The number of guanidine groups is 1. The number of aliphatic imine (C=N–C) groups is 1. The third-order valence-corrected chi connectivity index (χ3v) is 5.46. The molecule has 26 heavy (non-hydrogen) atoms. The second kappa shape index (κ2) is 13.0. The minimum Gasteiger partial charge on any atom is -0.376 e. The van der Waals surface area contributed by atoms with Crippen LogP contribution in [-0.4, -0.2) is 51.3 Å². The molecule has 1 amide bonds. The molecule has 2 fully saturated rings. The summed E-state index contributed by atoms with van der Waals surface area (Å²) in [6.45, 7) is 2.78. The van der Waals surface area contributed by atoms with E-state index in [1.165, 1.54) is 64.2 Å². The van der Waals surface area contributed by atoms with Gasteiger partial charge in [0.05, 0.1) is 12.7 Å². The lowest BCUT2D eigenvalue weighted by atomic mass is 10.0. The maximum Gasteiger partial charge on any atom is 0.220 e. The first-order valence-electron chi connectivity index (χ1n) is 10.6. The molecule has 0 atom stereocenters. The fraction of sp³-hybridized carbons (Fsp3) is 0.900. The SMILES string of the molecule is CN=C(NCCNC(=O)CC1CCCC1)NCCOC1CCCCCC1. The van der Waals surface area contributed by atoms with Crippen LogP contribution in [0.4, 0.5) is 0 Å². The van der Waals surface area contributed by atoms with Crippen molar-refractivity contribution in [3.8, 4) is 0 Å². The van der Waals surface area contributed by atoms with Crippen LogP contribution in [0.25, 0.3) is 0 Å². The fourth-order valence-electron chi connectivity index (χ4n) is 3.96. The first-order valence-corrected chi connectivity index (χ1v) is 10.6. The van der Waals surface area contributed by atoms with Gasteiger partial charge >= 0.3 is 0 Å². The normalized spacial score (nSPS) is 20.0. The van der Waals surface area contributed by atoms with Crippen LogP contribution in [0.5, 0.6) is 0 Å². The Labute approximate surface area is 158 Å². The number of nitrogens with zero attached hydrogens (tertiary/aromatic N) is 1. The van der Waals surface area contributed by atoms with E-state index < -0.39 is 0 Å². The Morgan fingerprint density at radius 1 is 0.885 bits per heavy atom. The van der Waals surface area contributed by atoms with Crippen molar-refractivity contribution < 1.29 is 9.53 Å². The lowest BCUT2D eigenvalue weighted by Gasteiger charge is -2.17. The van der Waals surface area contributed by atoms with Crippen LogP contribution in [0.2, 0.25) is 0 Å². The molecule has 2 saturated carbocycles. The molecule has 2 aliphatic carbocycles. The minimum absolute atomic E-state index is 0.179. The smallest absolute Gasteiger partial charge is 0.220 e. The Morgan fingerprint density at radius 2 is 1.50 bits per heavy atom. The summed E-state index contributed by atoms with van der Waals surface area (Å²) in [6.07, 6.45) is 13.8. The average molecular weight is 367 g/mol. The van der Waals surface area contributed by atoms with Crippen LogP contribution in [0, 0.1) is 5.92 Å². The van der Waals surface area contributed by atoms with E-state index in [2.05, 4.69) is 20.9 Å². The summed E-state index contributed by atoms with van der Waals surface area (Å²) in [4.78, 5) is 16.1. The highest BCUT2D eigenvalue weighted by molar-refractivity contribution is 5.79. The molecule has 0 bridgehead atoms. The monoisotopic (exact) mass is 366 g/mol. The molecule has 0 unspecified atom stereocenters. The molecule has 2 rings (SSSR count). The molecule has 0 heterocycles. The van der Waals surface area contributed by atoms with Crippen LogP contribution < -0.4 is 16.0 Å². The van der Waals surface area contributed by atoms with Gasteiger partial charge in [0.25, 0.3) is 0 Å². The number of hydrogen-bond acceptors (Lipinski definition) is 3. The minimum atomic E-state index is 0.179. The van der Waals surface area contributed by atoms with E-state index in [1.807, 2.05) is 0 Å². The zero-order valence-electron chi connectivity index (χ0n) is 16.5. The van der Waals surface area contributed by atoms with Gasteiger partial charge in [0.15, 0.2) is 5.96 Å². The topological polar surface area (TPSA) is 74.8 Å². The largest absolute Gasteiger partial charge is 0.376 e. The average Bonchev–Trinajstić information content (AvgIpc) is 3.01. The molecule has 0 aliphatic heterocycles. The molecule has 150 valence electrons. The predicted molar refractivity (Wildman–Crippen MR) is 106 cm³/mol. The van der Waals surface area contributed by atoms with Gasteiger partial charge in [-0.15, -0.1) is 0 Å². The first-order chi connectivity index (χ1) is 12.8. The number of ether oxygens (including phenoxy) is 1. The van der Waals surface area contributed by atoms with Gasteiger partial charge in [-0.3, -0.25) is 9.79 Å². The second-order valence-corrected chi connectivity index (χ2v) is 7.61. The van der Waals surface area contributed by atoms with Crippen LogP contribution in [0.1, 0.15) is 70.6 Å². The third kappa shape index (κ3) is 8.88. The van der Waals surface area contributed by atoms with Gasteiger partial charge in [-0.2, -0.15) is 0 Å². The van der Waals surface area contributed by atoms with Gasteiger partial charge in [0.1, 0.15) is 0 Å². The molecule has 0 saturated heterocycles. The molecule has 0 aromatic heterocycles. The van der Waals surface area contributed by atoms with E-state index in [0.29, 0.717) is 38.1 Å². The Balaban J connectivity index is 1.47. The summed E-state index contributed by atoms with van der Waals surface area (Å²) < 4.78 is 5.98. The summed E-state index contributed by atoms with van der Waals surface area (Å²) in [5.41, 5.74) is 0. The molecule has 6 nitrogen and oxygen atoms in total. The highest BCUT2D eigenvalue weighted by Crippen LogP contribution is 2.27. The van der Waals surface area contributed by atoms with Crippen molar-refractivity contribution in [3.63, 3.8) is 0 Å². The summed E-state index contributed by atoms with van der Waals surface area (Å²) in [7, 11) is 1.76. The molecule has 3 N–H and O–H groups in total. The van der Waals surface area contributed by atoms with Crippen LogP contribution in [-0.2, 0) is 9.53 Å². The number of carbonyl (C=O) groups excluding carboxylic acids is 1. The molecule has 0 spiro atoms. The third-order valence-electron chi connectivity index (χ3n) is 5.46. The van der Waals surface area contributed by atoms with Gasteiger partial charge < -0.3 is 20.7 Å². The van der Waals surface area contributed by atoms with Crippen molar-refractivity contribution in [3.05, 3.63) is 0 Å². The zero-order valence-corrected chi connectivity index (χ0v) is 16.5. The highest BCUT2D eigenvalue weighted by atomic mass is 16.5. The van der Waals surface area contributed by atoms with E-state index in [-0.39, 0.29) is 5.91 Å². The Morgan fingerprint density at radius 3 is 2.19 bits per heavy atom. The number of amides is 1. The molecule has 6 heteroatoms. The standard InChI is InChI=1S/C20H38N4O2/c1-21-20(24-14-15-26-18-10-4-2-3-5-11-18)23-13-12-22-19(25)16-17-8-6-7-9-17/h17-18H,2-16H2,1H3,(H,22,25)(H2,21,23,24). The summed E-state index contributed by atoms with van der Waals surface area (Å²) >= 11 is 0. The number of nitrogens with one attached hydrogen (secondary N) is 3. The molecule has 2 aliphatic rings. The van der Waals surface area contributed by atoms with Crippen LogP contribution in [0.15, 0.2) is 4.99 Å². The van der Waals surface area contributed by atoms with E-state index in [1.54, 1.807) is 7.05 Å². The number of carbonyl (C=O) groups is 1. The van der Waals surface area contributed by atoms with Gasteiger partial charge in [-0.25, -0.2) is 0 Å². The van der Waals surface area contributed by atoms with Crippen molar-refractivity contribution in [2.24, 2.45) is 10.9 Å². The molecular formula is C20H38N4O2. The maximum atomic E-state index is 11.9. The van der Waals surface area contributed by atoms with Gasteiger partial charge in [-0.05, 0) is 31.6 Å². The van der Waals surface area contributed by atoms with Gasteiger partial charge in [0.2, 0.25) is 5.91 Å². The van der Waals surface area contributed by atoms with E-state index in [4.69, 9.17) is 4.74 Å². The van der Waals surface area contributed by atoms with Crippen molar-refractivity contribution >= 4 is 11.9 Å². The Hall–Kier alpha value is -1.30. The Bertz CT molecular complexity index is 414. The second-order valence-electron chi connectivity index (χ2n) is 7.61. The Kier molecular flexibility index (Phi) is 10.5. The van der Waals surface area contributed by atoms with E-state index in [9.17, 15) is 4.79 Å². The summed E-state index contributed by atoms with van der Waals surface area (Å²) in [6, 6.07) is 0. The quantitative estimate of drug-likeness (QED) is 0.254. The zero-order chi connectivity index (χ0) is 18.5. The maximum absolute atomic E-state index is 11.9. The molecule has 0 aromatic rings. The van der Waals surface area contributed by atoms with Crippen molar-refractivity contribution in [2.45, 2.75) is 76.7 Å². The molecule has 0 radical (unpaired) electrons. The van der Waals surface area contributed by atoms with Crippen molar-refractivity contribution in [1.82, 2.24) is 16.0 Å². The predicted octanol–water partition coefficient (Wildman–Crippen LogP) is 2.59. The summed E-state index contributed by atoms with van der Waals surface area (Å²) in [5, 5.41) is 9.50. The lowest BCUT2D eigenvalue weighted by Crippen LogP contribution is -2.42. The van der Waals surface area contributed by atoms with Crippen LogP contribution >= 0.6 is 0 Å². The van der Waals surface area contributed by atoms with Gasteiger partial charge in [-0.1, -0.05) is 38.5 Å². The number of hydrogen-bond donors (Lipinski definition) is 3. The first kappa shape index (κ1) is 21.0. The highest BCUT2D eigenvalue weighted by Gasteiger charge is 2.18. The van der Waals surface area contributed by atoms with Crippen LogP contribution in [0.3, 0.4) is 0 Å².